The van der Waals surface area contributed by atoms with E-state index in [2.05, 4.69) is 198 Å². The highest BCUT2D eigenvalue weighted by Crippen LogP contribution is 2.49. The van der Waals surface area contributed by atoms with Crippen molar-refractivity contribution >= 4 is 60.8 Å². The van der Waals surface area contributed by atoms with Crippen LogP contribution in [0.25, 0.3) is 71.7 Å². The maximum atomic E-state index is 6.46. The second-order valence-electron chi connectivity index (χ2n) is 12.9. The van der Waals surface area contributed by atoms with Crippen LogP contribution >= 0.6 is 0 Å². The van der Waals surface area contributed by atoms with E-state index in [1.165, 1.54) is 21.8 Å². The molecule has 0 aliphatic carbocycles. The molecule has 0 unspecified atom stereocenters. The minimum atomic E-state index is 0.860. The van der Waals surface area contributed by atoms with E-state index in [-0.39, 0.29) is 0 Å². The molecule has 0 atom stereocenters. The zero-order valence-corrected chi connectivity index (χ0v) is 27.8. The smallest absolute Gasteiger partial charge is 0.137 e. The molecule has 0 saturated heterocycles. The quantitative estimate of drug-likeness (QED) is 0.178. The van der Waals surface area contributed by atoms with E-state index in [1.54, 1.807) is 0 Å². The van der Waals surface area contributed by atoms with Gasteiger partial charge in [0.2, 0.25) is 0 Å². The molecule has 2 heterocycles. The first-order valence-corrected chi connectivity index (χ1v) is 17.4. The third-order valence-corrected chi connectivity index (χ3v) is 10.0. The van der Waals surface area contributed by atoms with E-state index in [0.717, 1.165) is 66.9 Å². The fraction of sp³-hybridized carbons (Fsp3) is 0. The van der Waals surface area contributed by atoms with Crippen molar-refractivity contribution < 1.29 is 4.42 Å². The topological polar surface area (TPSA) is 21.3 Å². The fourth-order valence-corrected chi connectivity index (χ4v) is 7.84. The molecule has 0 spiro atoms. The Morgan fingerprint density at radius 3 is 1.61 bits per heavy atom. The second-order valence-corrected chi connectivity index (χ2v) is 12.9. The molecule has 0 aliphatic rings. The second kappa shape index (κ2) is 11.9. The number of aromatic nitrogens is 1. The van der Waals surface area contributed by atoms with Crippen LogP contribution in [0.4, 0.5) is 17.1 Å². The van der Waals surface area contributed by atoms with Crippen LogP contribution in [0.2, 0.25) is 0 Å². The number of rotatable bonds is 6. The van der Waals surface area contributed by atoms with Crippen LogP contribution in [0.1, 0.15) is 0 Å². The molecule has 240 valence electrons. The van der Waals surface area contributed by atoms with Gasteiger partial charge in [-0.3, -0.25) is 0 Å². The molecule has 0 fully saturated rings. The Bertz CT molecular complexity index is 2830. The average molecular weight is 653 g/mol. The predicted molar refractivity (Wildman–Crippen MR) is 214 cm³/mol. The molecule has 0 amide bonds. The Hall–Kier alpha value is -6.84. The third-order valence-electron chi connectivity index (χ3n) is 10.0. The van der Waals surface area contributed by atoms with Crippen molar-refractivity contribution in [3.8, 4) is 27.9 Å². The van der Waals surface area contributed by atoms with Crippen LogP contribution in [-0.4, -0.2) is 4.57 Å². The van der Waals surface area contributed by atoms with E-state index < -0.39 is 0 Å². The first-order chi connectivity index (χ1) is 25.3. The molecule has 3 nitrogen and oxygen atoms in total. The van der Waals surface area contributed by atoms with Gasteiger partial charge in [0.15, 0.2) is 0 Å². The van der Waals surface area contributed by atoms with Gasteiger partial charge in [-0.25, -0.2) is 0 Å². The third kappa shape index (κ3) is 4.67. The van der Waals surface area contributed by atoms with Crippen LogP contribution in [-0.2, 0) is 0 Å². The van der Waals surface area contributed by atoms with Crippen molar-refractivity contribution in [1.82, 2.24) is 4.57 Å². The molecule has 3 heteroatoms. The van der Waals surface area contributed by atoms with Crippen molar-refractivity contribution in [2.24, 2.45) is 0 Å². The maximum Gasteiger partial charge on any atom is 0.137 e. The molecule has 0 saturated carbocycles. The van der Waals surface area contributed by atoms with Crippen molar-refractivity contribution in [2.45, 2.75) is 0 Å². The molecule has 0 radical (unpaired) electrons. The highest BCUT2D eigenvalue weighted by Gasteiger charge is 2.25. The van der Waals surface area contributed by atoms with E-state index in [4.69, 9.17) is 4.42 Å². The number of fused-ring (bicyclic) bond motifs is 6. The van der Waals surface area contributed by atoms with Crippen LogP contribution < -0.4 is 4.90 Å². The molecule has 0 bridgehead atoms. The minimum absolute atomic E-state index is 0.860. The highest BCUT2D eigenvalue weighted by atomic mass is 16.3. The van der Waals surface area contributed by atoms with Gasteiger partial charge in [0, 0.05) is 32.8 Å². The fourth-order valence-electron chi connectivity index (χ4n) is 7.84. The highest BCUT2D eigenvalue weighted by molar-refractivity contribution is 6.15. The van der Waals surface area contributed by atoms with Crippen LogP contribution in [0, 0.1) is 0 Å². The number of nitrogens with zero attached hydrogens (tertiary/aromatic N) is 2. The average Bonchev–Trinajstić information content (AvgIpc) is 3.75. The molecule has 51 heavy (non-hydrogen) atoms. The number of hydrogen-bond donors (Lipinski definition) is 0. The van der Waals surface area contributed by atoms with Crippen molar-refractivity contribution in [3.05, 3.63) is 194 Å². The molecular formula is C48H32N2O. The number of para-hydroxylation sites is 6. The van der Waals surface area contributed by atoms with E-state index in [0.29, 0.717) is 0 Å². The number of anilines is 3. The van der Waals surface area contributed by atoms with Gasteiger partial charge in [0.1, 0.15) is 11.2 Å². The zero-order chi connectivity index (χ0) is 33.7. The van der Waals surface area contributed by atoms with E-state index in [9.17, 15) is 0 Å². The van der Waals surface area contributed by atoms with Crippen molar-refractivity contribution in [3.63, 3.8) is 0 Å². The SMILES string of the molecule is c1ccc(-c2ccccc2N(c2ccccc2-c2ccccc2-n2c3ccccc3c3ccccc32)c2cccc3oc4ccccc4c23)cc1. The molecule has 0 aliphatic heterocycles. The van der Waals surface area contributed by atoms with E-state index in [1.807, 2.05) is 6.07 Å². The number of furan rings is 1. The van der Waals surface area contributed by atoms with Crippen molar-refractivity contribution in [2.75, 3.05) is 4.90 Å². The van der Waals surface area contributed by atoms with Crippen LogP contribution in [0.15, 0.2) is 199 Å². The largest absolute Gasteiger partial charge is 0.456 e. The summed E-state index contributed by atoms with van der Waals surface area (Å²) in [5, 5.41) is 4.66. The van der Waals surface area contributed by atoms with Gasteiger partial charge < -0.3 is 13.9 Å². The summed E-state index contributed by atoms with van der Waals surface area (Å²) in [6.07, 6.45) is 0. The van der Waals surface area contributed by atoms with E-state index >= 15 is 0 Å². The summed E-state index contributed by atoms with van der Waals surface area (Å²) in [6.45, 7) is 0. The summed E-state index contributed by atoms with van der Waals surface area (Å²) < 4.78 is 8.88. The van der Waals surface area contributed by atoms with Crippen molar-refractivity contribution in [1.29, 1.82) is 0 Å². The van der Waals surface area contributed by atoms with Gasteiger partial charge in [0.05, 0.1) is 39.2 Å². The minimum Gasteiger partial charge on any atom is -0.456 e. The van der Waals surface area contributed by atoms with Crippen LogP contribution in [0.3, 0.4) is 0 Å². The molecule has 8 aromatic carbocycles. The Morgan fingerprint density at radius 2 is 0.863 bits per heavy atom. The van der Waals surface area contributed by atoms with Gasteiger partial charge in [-0.1, -0.05) is 146 Å². The normalized spacial score (nSPS) is 11.5. The summed E-state index contributed by atoms with van der Waals surface area (Å²) in [5.41, 5.74) is 13.0. The van der Waals surface area contributed by atoms with Gasteiger partial charge in [0.25, 0.3) is 0 Å². The summed E-state index contributed by atoms with van der Waals surface area (Å²) in [4.78, 5) is 2.44. The standard InChI is InChI=1S/C48H32N2O/c1-2-17-33(18-3-1)34-19-4-10-25-40(34)50(45-30-16-32-47-48(45)39-24-9-15-31-46(39)51-47)44-29-14-8-23-38(44)37-22-7-13-28-43(37)49-41-26-11-5-20-35(41)36-21-6-12-27-42(36)49/h1-32H. The number of hydrogen-bond acceptors (Lipinski definition) is 2. The Balaban J connectivity index is 1.29. The van der Waals surface area contributed by atoms with Gasteiger partial charge in [-0.15, -0.1) is 0 Å². The molecule has 10 aromatic rings. The summed E-state index contributed by atoms with van der Waals surface area (Å²) >= 11 is 0. The number of benzene rings is 8. The zero-order valence-electron chi connectivity index (χ0n) is 27.8. The summed E-state index contributed by atoms with van der Waals surface area (Å²) in [5.74, 6) is 0. The Kier molecular flexibility index (Phi) is 6.81. The lowest BCUT2D eigenvalue weighted by molar-refractivity contribution is 0.669. The van der Waals surface area contributed by atoms with Crippen LogP contribution in [0.5, 0.6) is 0 Å². The van der Waals surface area contributed by atoms with Gasteiger partial charge in [-0.2, -0.15) is 0 Å². The molecule has 2 aromatic heterocycles. The Morgan fingerprint density at radius 1 is 0.353 bits per heavy atom. The van der Waals surface area contributed by atoms with Gasteiger partial charge in [-0.05, 0) is 54.1 Å². The molecular weight excluding hydrogens is 621 g/mol. The first-order valence-electron chi connectivity index (χ1n) is 17.4. The lowest BCUT2D eigenvalue weighted by Gasteiger charge is -2.31. The molecule has 10 rings (SSSR count). The Labute approximate surface area is 295 Å². The summed E-state index contributed by atoms with van der Waals surface area (Å²) in [7, 11) is 0. The lowest BCUT2D eigenvalue weighted by atomic mass is 9.97. The summed E-state index contributed by atoms with van der Waals surface area (Å²) in [6, 6.07) is 69.2. The maximum absolute atomic E-state index is 6.46. The first kappa shape index (κ1) is 29.1. The predicted octanol–water partition coefficient (Wildman–Crippen LogP) is 13.5. The molecule has 0 N–H and O–H groups in total. The lowest BCUT2D eigenvalue weighted by Crippen LogP contribution is -2.13. The van der Waals surface area contributed by atoms with Gasteiger partial charge >= 0.3 is 0 Å². The monoisotopic (exact) mass is 652 g/mol.